The minimum Gasteiger partial charge on any atom is -0.454 e. The Morgan fingerprint density at radius 3 is 2.52 bits per heavy atom. The normalized spacial score (nSPS) is 23.9. The first-order valence-corrected chi connectivity index (χ1v) is 8.97. The van der Waals surface area contributed by atoms with E-state index in [-0.39, 0.29) is 11.6 Å². The molecule has 9 heteroatoms. The van der Waals surface area contributed by atoms with Crippen molar-refractivity contribution in [3.05, 3.63) is 34.9 Å². The number of ether oxygens (including phenoxy) is 1. The molecule has 0 amide bonds. The Bertz CT molecular complexity index is 860. The number of aromatic nitrogens is 4. The second-order valence-electron chi connectivity index (χ2n) is 7.32. The molecule has 144 valence electrons. The van der Waals surface area contributed by atoms with Gasteiger partial charge in [0.2, 0.25) is 0 Å². The van der Waals surface area contributed by atoms with Gasteiger partial charge in [0.15, 0.2) is 6.61 Å². The molecule has 2 heterocycles. The number of fused-ring (bicyclic) bond motifs is 1. The van der Waals surface area contributed by atoms with E-state index in [1.165, 1.54) is 42.4 Å². The molecule has 3 aliphatic rings. The molecule has 2 aromatic rings. The van der Waals surface area contributed by atoms with Crippen molar-refractivity contribution in [1.82, 2.24) is 19.7 Å². The van der Waals surface area contributed by atoms with Crippen LogP contribution in [-0.2, 0) is 6.54 Å². The molecule has 2 bridgehead atoms. The first-order chi connectivity index (χ1) is 12.9. The number of halogens is 3. The van der Waals surface area contributed by atoms with Crippen molar-refractivity contribution < 1.29 is 17.9 Å². The van der Waals surface area contributed by atoms with E-state index in [1.807, 2.05) is 0 Å². The molecule has 0 aliphatic heterocycles. The van der Waals surface area contributed by atoms with Gasteiger partial charge in [0.25, 0.3) is 5.56 Å². The Balaban J connectivity index is 1.43. The summed E-state index contributed by atoms with van der Waals surface area (Å²) in [5.41, 5.74) is 0.828. The maximum atomic E-state index is 12.2. The summed E-state index contributed by atoms with van der Waals surface area (Å²) >= 11 is 0. The highest BCUT2D eigenvalue weighted by Crippen LogP contribution is 2.53. The van der Waals surface area contributed by atoms with Crippen LogP contribution in [0.4, 0.5) is 13.2 Å². The lowest BCUT2D eigenvalue weighted by atomic mass is 9.82. The van der Waals surface area contributed by atoms with E-state index >= 15 is 0 Å². The third-order valence-electron chi connectivity index (χ3n) is 5.44. The summed E-state index contributed by atoms with van der Waals surface area (Å²) in [6, 6.07) is 2.63. The predicted molar refractivity (Wildman–Crippen MR) is 90.0 cm³/mol. The van der Waals surface area contributed by atoms with E-state index in [0.717, 1.165) is 18.3 Å². The number of rotatable bonds is 6. The Morgan fingerprint density at radius 1 is 1.15 bits per heavy atom. The monoisotopic (exact) mass is 380 g/mol. The smallest absolute Gasteiger partial charge is 0.422 e. The highest BCUT2D eigenvalue weighted by Gasteiger charge is 2.43. The van der Waals surface area contributed by atoms with Crippen molar-refractivity contribution in [3.63, 3.8) is 0 Å². The van der Waals surface area contributed by atoms with Crippen molar-refractivity contribution in [2.75, 3.05) is 6.61 Å². The summed E-state index contributed by atoms with van der Waals surface area (Å²) in [4.78, 5) is 19.6. The lowest BCUT2D eigenvalue weighted by Gasteiger charge is -2.24. The summed E-state index contributed by atoms with van der Waals surface area (Å²) in [7, 11) is 0. The molecule has 6 nitrogen and oxygen atoms in total. The van der Waals surface area contributed by atoms with Gasteiger partial charge in [-0.1, -0.05) is 0 Å². The van der Waals surface area contributed by atoms with Gasteiger partial charge in [-0.2, -0.15) is 18.3 Å². The SMILES string of the molecule is O=c1ccc(-c2cnc(OCC(F)(F)F)nc2)nn1CCC1CC2CC1C2. The van der Waals surface area contributed by atoms with E-state index in [0.29, 0.717) is 23.7 Å². The Morgan fingerprint density at radius 2 is 1.89 bits per heavy atom. The van der Waals surface area contributed by atoms with Gasteiger partial charge in [0.05, 0.1) is 5.69 Å². The van der Waals surface area contributed by atoms with E-state index in [1.54, 1.807) is 6.07 Å². The van der Waals surface area contributed by atoms with Gasteiger partial charge in [0, 0.05) is 30.6 Å². The van der Waals surface area contributed by atoms with Crippen LogP contribution < -0.4 is 10.3 Å². The highest BCUT2D eigenvalue weighted by atomic mass is 19.4. The van der Waals surface area contributed by atoms with Crippen LogP contribution in [0, 0.1) is 17.8 Å². The first-order valence-electron chi connectivity index (χ1n) is 8.97. The molecule has 0 spiro atoms. The Labute approximate surface area is 153 Å². The molecule has 5 rings (SSSR count). The average molecular weight is 380 g/mol. The average Bonchev–Trinajstić information content (AvgIpc) is 3.19. The van der Waals surface area contributed by atoms with Crippen LogP contribution in [0.1, 0.15) is 25.7 Å². The highest BCUT2D eigenvalue weighted by molar-refractivity contribution is 5.55. The number of hydrogen-bond donors (Lipinski definition) is 0. The zero-order valence-corrected chi connectivity index (χ0v) is 14.5. The number of alkyl halides is 3. The summed E-state index contributed by atoms with van der Waals surface area (Å²) in [6.07, 6.45) is 3.08. The molecule has 0 aromatic carbocycles. The standard InChI is InChI=1S/C18H19F3N4O2/c19-18(20,21)10-27-17-22-8-14(9-23-17)15-1-2-16(26)25(24-15)4-3-12-5-11-6-13(12)7-11/h1-2,8-9,11-13H,3-7,10H2. The molecule has 0 saturated heterocycles. The zero-order valence-electron chi connectivity index (χ0n) is 14.5. The molecule has 3 aliphatic carbocycles. The molecule has 0 N–H and O–H groups in total. The van der Waals surface area contributed by atoms with Gasteiger partial charge < -0.3 is 4.74 Å². The third kappa shape index (κ3) is 4.12. The summed E-state index contributed by atoms with van der Waals surface area (Å²) < 4.78 is 42.4. The van der Waals surface area contributed by atoms with Crippen LogP contribution in [0.15, 0.2) is 29.3 Å². The van der Waals surface area contributed by atoms with Crippen LogP contribution in [0.3, 0.4) is 0 Å². The van der Waals surface area contributed by atoms with Crippen molar-refractivity contribution >= 4 is 0 Å². The minimum absolute atomic E-state index is 0.171. The van der Waals surface area contributed by atoms with E-state index < -0.39 is 12.8 Å². The zero-order chi connectivity index (χ0) is 19.0. The predicted octanol–water partition coefficient (Wildman–Crippen LogP) is 3.08. The molecule has 0 radical (unpaired) electrons. The van der Waals surface area contributed by atoms with Gasteiger partial charge in [0.1, 0.15) is 0 Å². The number of hydrogen-bond acceptors (Lipinski definition) is 5. The fraction of sp³-hybridized carbons (Fsp3) is 0.556. The van der Waals surface area contributed by atoms with Crippen molar-refractivity contribution in [1.29, 1.82) is 0 Å². The van der Waals surface area contributed by atoms with Crippen LogP contribution in [0.2, 0.25) is 0 Å². The molecule has 1 unspecified atom stereocenters. The van der Waals surface area contributed by atoms with Crippen molar-refractivity contribution in [3.8, 4) is 17.3 Å². The Hall–Kier alpha value is -2.45. The molecule has 2 aromatic heterocycles. The summed E-state index contributed by atoms with van der Waals surface area (Å²) in [5.74, 6) is 2.37. The quantitative estimate of drug-likeness (QED) is 0.770. The van der Waals surface area contributed by atoms with Gasteiger partial charge in [-0.3, -0.25) is 4.79 Å². The fourth-order valence-corrected chi connectivity index (χ4v) is 4.06. The summed E-state index contributed by atoms with van der Waals surface area (Å²) in [5, 5.41) is 4.36. The maximum Gasteiger partial charge on any atom is 0.422 e. The topological polar surface area (TPSA) is 69.9 Å². The Kier molecular flexibility index (Phi) is 4.61. The van der Waals surface area contributed by atoms with Gasteiger partial charge >= 0.3 is 12.2 Å². The van der Waals surface area contributed by atoms with Gasteiger partial charge in [-0.05, 0) is 49.5 Å². The van der Waals surface area contributed by atoms with Crippen LogP contribution in [0.5, 0.6) is 6.01 Å². The minimum atomic E-state index is -4.45. The molecule has 3 saturated carbocycles. The third-order valence-corrected chi connectivity index (χ3v) is 5.44. The van der Waals surface area contributed by atoms with Crippen LogP contribution in [0.25, 0.3) is 11.3 Å². The largest absolute Gasteiger partial charge is 0.454 e. The van der Waals surface area contributed by atoms with Crippen LogP contribution >= 0.6 is 0 Å². The summed E-state index contributed by atoms with van der Waals surface area (Å²) in [6.45, 7) is -0.882. The van der Waals surface area contributed by atoms with E-state index in [9.17, 15) is 18.0 Å². The lowest BCUT2D eigenvalue weighted by Crippen LogP contribution is -2.24. The lowest BCUT2D eigenvalue weighted by molar-refractivity contribution is -0.154. The molecule has 27 heavy (non-hydrogen) atoms. The number of nitrogens with zero attached hydrogens (tertiary/aromatic N) is 4. The van der Waals surface area contributed by atoms with E-state index in [4.69, 9.17) is 0 Å². The second kappa shape index (κ2) is 6.94. The fourth-order valence-electron chi connectivity index (χ4n) is 4.06. The molecule has 1 atom stereocenters. The van der Waals surface area contributed by atoms with E-state index in [2.05, 4.69) is 19.8 Å². The van der Waals surface area contributed by atoms with Gasteiger partial charge in [-0.25, -0.2) is 14.6 Å². The maximum absolute atomic E-state index is 12.2. The first kappa shape index (κ1) is 17.9. The van der Waals surface area contributed by atoms with Crippen LogP contribution in [-0.4, -0.2) is 32.5 Å². The number of aryl methyl sites for hydroxylation is 1. The second-order valence-corrected chi connectivity index (χ2v) is 7.32. The van der Waals surface area contributed by atoms with Gasteiger partial charge in [-0.15, -0.1) is 0 Å². The van der Waals surface area contributed by atoms with Crippen molar-refractivity contribution in [2.45, 2.75) is 38.4 Å². The molecular weight excluding hydrogens is 361 g/mol. The molecule has 3 fully saturated rings. The van der Waals surface area contributed by atoms with Crippen molar-refractivity contribution in [2.24, 2.45) is 17.8 Å². The molecular formula is C18H19F3N4O2.